The van der Waals surface area contributed by atoms with Crippen LogP contribution >= 0.6 is 0 Å². The van der Waals surface area contributed by atoms with Gasteiger partial charge >= 0.3 is 0 Å². The highest BCUT2D eigenvalue weighted by Crippen LogP contribution is 2.46. The SMILES string of the molecule is CNCC1(C(=O)N(C)CC(C)(C)C)CC1. The topological polar surface area (TPSA) is 32.3 Å². The van der Waals surface area contributed by atoms with Crippen LogP contribution in [0.3, 0.4) is 0 Å². The van der Waals surface area contributed by atoms with Gasteiger partial charge in [0.05, 0.1) is 5.41 Å². The molecule has 0 aromatic heterocycles. The Morgan fingerprint density at radius 3 is 2.27 bits per heavy atom. The fourth-order valence-corrected chi connectivity index (χ4v) is 2.14. The van der Waals surface area contributed by atoms with Crippen LogP contribution in [0.5, 0.6) is 0 Å². The molecule has 0 bridgehead atoms. The second kappa shape index (κ2) is 4.12. The minimum Gasteiger partial charge on any atom is -0.345 e. The summed E-state index contributed by atoms with van der Waals surface area (Å²) in [6, 6.07) is 0. The van der Waals surface area contributed by atoms with Gasteiger partial charge in [-0.2, -0.15) is 0 Å². The summed E-state index contributed by atoms with van der Waals surface area (Å²) >= 11 is 0. The van der Waals surface area contributed by atoms with E-state index in [-0.39, 0.29) is 10.8 Å². The molecular weight excluding hydrogens is 188 g/mol. The standard InChI is InChI=1S/C12H24N2O/c1-11(2,3)9-14(5)10(15)12(6-7-12)8-13-4/h13H,6-9H2,1-5H3. The average molecular weight is 212 g/mol. The number of rotatable bonds is 4. The Morgan fingerprint density at radius 2 is 1.93 bits per heavy atom. The Morgan fingerprint density at radius 1 is 1.40 bits per heavy atom. The molecule has 0 aromatic rings. The van der Waals surface area contributed by atoms with Crippen molar-refractivity contribution in [3.05, 3.63) is 0 Å². The van der Waals surface area contributed by atoms with Gasteiger partial charge in [0.1, 0.15) is 0 Å². The van der Waals surface area contributed by atoms with E-state index in [1.54, 1.807) is 0 Å². The molecule has 0 aromatic carbocycles. The fraction of sp³-hybridized carbons (Fsp3) is 0.917. The van der Waals surface area contributed by atoms with Crippen LogP contribution in [-0.2, 0) is 4.79 Å². The van der Waals surface area contributed by atoms with Gasteiger partial charge in [-0.25, -0.2) is 0 Å². The van der Waals surface area contributed by atoms with E-state index in [0.29, 0.717) is 5.91 Å². The first-order chi connectivity index (χ1) is 6.81. The molecule has 0 radical (unpaired) electrons. The molecule has 1 saturated carbocycles. The van der Waals surface area contributed by atoms with Gasteiger partial charge in [0.15, 0.2) is 0 Å². The number of hydrogen-bond donors (Lipinski definition) is 1. The van der Waals surface area contributed by atoms with Gasteiger partial charge < -0.3 is 10.2 Å². The number of nitrogens with one attached hydrogen (secondary N) is 1. The van der Waals surface area contributed by atoms with E-state index in [1.165, 1.54) is 0 Å². The molecule has 3 heteroatoms. The van der Waals surface area contributed by atoms with Gasteiger partial charge in [0.25, 0.3) is 0 Å². The van der Waals surface area contributed by atoms with Crippen molar-refractivity contribution in [2.75, 3.05) is 27.2 Å². The lowest BCUT2D eigenvalue weighted by Gasteiger charge is -2.29. The van der Waals surface area contributed by atoms with Crippen molar-refractivity contribution in [1.82, 2.24) is 10.2 Å². The minimum absolute atomic E-state index is 0.0747. The summed E-state index contributed by atoms with van der Waals surface area (Å²) in [4.78, 5) is 14.1. The van der Waals surface area contributed by atoms with E-state index in [9.17, 15) is 4.79 Å². The van der Waals surface area contributed by atoms with E-state index < -0.39 is 0 Å². The molecule has 0 saturated heterocycles. The summed E-state index contributed by atoms with van der Waals surface area (Å²) in [6.07, 6.45) is 2.09. The summed E-state index contributed by atoms with van der Waals surface area (Å²) in [5.74, 6) is 0.312. The largest absolute Gasteiger partial charge is 0.345 e. The van der Waals surface area contributed by atoms with Crippen LogP contribution in [0.25, 0.3) is 0 Å². The third kappa shape index (κ3) is 3.20. The molecule has 0 aliphatic heterocycles. The normalized spacial score (nSPS) is 18.7. The lowest BCUT2D eigenvalue weighted by Crippen LogP contribution is -2.42. The molecule has 1 aliphatic carbocycles. The zero-order valence-electron chi connectivity index (χ0n) is 10.7. The lowest BCUT2D eigenvalue weighted by molar-refractivity contribution is -0.136. The van der Waals surface area contributed by atoms with Gasteiger partial charge in [-0.15, -0.1) is 0 Å². The third-order valence-electron chi connectivity index (χ3n) is 2.88. The van der Waals surface area contributed by atoms with Crippen molar-refractivity contribution in [3.8, 4) is 0 Å². The van der Waals surface area contributed by atoms with Crippen molar-refractivity contribution in [2.45, 2.75) is 33.6 Å². The van der Waals surface area contributed by atoms with E-state index in [4.69, 9.17) is 0 Å². The Bertz CT molecular complexity index is 238. The smallest absolute Gasteiger partial charge is 0.229 e. The molecule has 15 heavy (non-hydrogen) atoms. The van der Waals surface area contributed by atoms with Gasteiger partial charge in [0.2, 0.25) is 5.91 Å². The van der Waals surface area contributed by atoms with Crippen molar-refractivity contribution in [2.24, 2.45) is 10.8 Å². The van der Waals surface area contributed by atoms with E-state index >= 15 is 0 Å². The van der Waals surface area contributed by atoms with Gasteiger partial charge in [-0.1, -0.05) is 20.8 Å². The molecule has 0 unspecified atom stereocenters. The number of carbonyl (C=O) groups is 1. The predicted octanol–water partition coefficient (Wildman–Crippen LogP) is 1.49. The molecule has 88 valence electrons. The lowest BCUT2D eigenvalue weighted by atomic mass is 9.95. The number of hydrogen-bond acceptors (Lipinski definition) is 2. The number of carbonyl (C=O) groups excluding carboxylic acids is 1. The summed E-state index contributed by atoms with van der Waals surface area (Å²) < 4.78 is 0. The quantitative estimate of drug-likeness (QED) is 0.766. The Labute approximate surface area is 93.2 Å². The molecule has 0 heterocycles. The van der Waals surface area contributed by atoms with Crippen LogP contribution in [0.4, 0.5) is 0 Å². The van der Waals surface area contributed by atoms with Crippen LogP contribution in [0.1, 0.15) is 33.6 Å². The van der Waals surface area contributed by atoms with Crippen LogP contribution in [-0.4, -0.2) is 38.0 Å². The van der Waals surface area contributed by atoms with Crippen molar-refractivity contribution in [3.63, 3.8) is 0 Å². The molecule has 1 fully saturated rings. The van der Waals surface area contributed by atoms with Crippen molar-refractivity contribution >= 4 is 5.91 Å². The van der Waals surface area contributed by atoms with E-state index in [0.717, 1.165) is 25.9 Å². The summed E-state index contributed by atoms with van der Waals surface area (Å²) in [5, 5.41) is 3.12. The fourth-order valence-electron chi connectivity index (χ4n) is 2.14. The van der Waals surface area contributed by atoms with Crippen molar-refractivity contribution in [1.29, 1.82) is 0 Å². The maximum absolute atomic E-state index is 12.2. The van der Waals surface area contributed by atoms with Crippen LogP contribution in [0.15, 0.2) is 0 Å². The summed E-state index contributed by atoms with van der Waals surface area (Å²) in [6.45, 7) is 8.13. The van der Waals surface area contributed by atoms with Gasteiger partial charge in [-0.3, -0.25) is 4.79 Å². The van der Waals surface area contributed by atoms with Crippen LogP contribution in [0, 0.1) is 10.8 Å². The third-order valence-corrected chi connectivity index (χ3v) is 2.88. The molecule has 0 atom stereocenters. The Balaban J connectivity index is 2.53. The first-order valence-corrected chi connectivity index (χ1v) is 5.71. The summed E-state index contributed by atoms with van der Waals surface area (Å²) in [5.41, 5.74) is 0.106. The highest BCUT2D eigenvalue weighted by Gasteiger charge is 2.50. The highest BCUT2D eigenvalue weighted by molar-refractivity contribution is 5.85. The van der Waals surface area contributed by atoms with Crippen molar-refractivity contribution < 1.29 is 4.79 Å². The Hall–Kier alpha value is -0.570. The van der Waals surface area contributed by atoms with E-state index in [1.807, 2.05) is 19.0 Å². The molecule has 1 aliphatic rings. The minimum atomic E-state index is -0.0747. The predicted molar refractivity (Wildman–Crippen MR) is 62.7 cm³/mol. The molecule has 3 nitrogen and oxygen atoms in total. The molecule has 1 N–H and O–H groups in total. The highest BCUT2D eigenvalue weighted by atomic mass is 16.2. The second-order valence-corrected chi connectivity index (χ2v) is 6.03. The molecular formula is C12H24N2O. The zero-order chi connectivity index (χ0) is 11.7. The van der Waals surface area contributed by atoms with Crippen LogP contribution in [0.2, 0.25) is 0 Å². The molecule has 1 amide bonds. The van der Waals surface area contributed by atoms with Gasteiger partial charge in [-0.05, 0) is 25.3 Å². The first kappa shape index (κ1) is 12.5. The zero-order valence-corrected chi connectivity index (χ0v) is 10.7. The Kier molecular flexibility index (Phi) is 3.44. The maximum atomic E-state index is 12.2. The number of nitrogens with zero attached hydrogens (tertiary/aromatic N) is 1. The number of amides is 1. The first-order valence-electron chi connectivity index (χ1n) is 5.71. The average Bonchev–Trinajstić information content (AvgIpc) is 2.82. The monoisotopic (exact) mass is 212 g/mol. The summed E-state index contributed by atoms with van der Waals surface area (Å²) in [7, 11) is 3.83. The van der Waals surface area contributed by atoms with Crippen LogP contribution < -0.4 is 5.32 Å². The van der Waals surface area contributed by atoms with Gasteiger partial charge in [0, 0.05) is 20.1 Å². The second-order valence-electron chi connectivity index (χ2n) is 6.03. The molecule has 0 spiro atoms. The maximum Gasteiger partial charge on any atom is 0.229 e. The molecule has 1 rings (SSSR count). The van der Waals surface area contributed by atoms with E-state index in [2.05, 4.69) is 26.1 Å².